The lowest BCUT2D eigenvalue weighted by molar-refractivity contribution is -0.115. The summed E-state index contributed by atoms with van der Waals surface area (Å²) in [6, 6.07) is 17.7. The van der Waals surface area contributed by atoms with Crippen LogP contribution in [0.5, 0.6) is 0 Å². The molecule has 170 valence electrons. The maximum Gasteiger partial charge on any atom is 0.393 e. The Bertz CT molecular complexity index is 1140. The first-order chi connectivity index (χ1) is 15.9. The summed E-state index contributed by atoms with van der Waals surface area (Å²) in [5.74, 6) is -0.453. The van der Waals surface area contributed by atoms with Crippen molar-refractivity contribution in [1.29, 1.82) is 0 Å². The van der Waals surface area contributed by atoms with Crippen LogP contribution in [0.2, 0.25) is 0 Å². The third-order valence-corrected chi connectivity index (χ3v) is 5.10. The molecular formula is C24H28BN5O3. The molecule has 7 N–H and O–H groups in total. The normalized spacial score (nSPS) is 10.4. The SMILES string of the molecule is CCc1ccc(C(=O)Nc2ccc(NC(=O)Cc3ccc(N)cc3N)cc2NBOC)cc1. The molecule has 3 rings (SSSR count). The molecule has 0 saturated heterocycles. The van der Waals surface area contributed by atoms with Crippen molar-refractivity contribution in [2.24, 2.45) is 0 Å². The molecule has 2 amide bonds. The highest BCUT2D eigenvalue weighted by Crippen LogP contribution is 2.27. The summed E-state index contributed by atoms with van der Waals surface area (Å²) in [5, 5.41) is 8.86. The van der Waals surface area contributed by atoms with Crippen LogP contribution in [-0.4, -0.2) is 26.5 Å². The van der Waals surface area contributed by atoms with Crippen molar-refractivity contribution < 1.29 is 14.2 Å². The van der Waals surface area contributed by atoms with E-state index in [1.54, 1.807) is 55.6 Å². The molecule has 0 aliphatic carbocycles. The number of rotatable bonds is 9. The summed E-state index contributed by atoms with van der Waals surface area (Å²) in [6.07, 6.45) is 1.02. The van der Waals surface area contributed by atoms with Crippen molar-refractivity contribution in [1.82, 2.24) is 0 Å². The van der Waals surface area contributed by atoms with Crippen LogP contribution in [0, 0.1) is 0 Å². The Balaban J connectivity index is 1.73. The third-order valence-electron chi connectivity index (χ3n) is 5.10. The van der Waals surface area contributed by atoms with Crippen LogP contribution in [0.3, 0.4) is 0 Å². The fraction of sp³-hybridized carbons (Fsp3) is 0.167. The van der Waals surface area contributed by atoms with Gasteiger partial charge in [0.2, 0.25) is 5.91 Å². The molecule has 0 aromatic heterocycles. The summed E-state index contributed by atoms with van der Waals surface area (Å²) in [6.45, 7) is 2.06. The third kappa shape index (κ3) is 6.50. The molecule has 33 heavy (non-hydrogen) atoms. The van der Waals surface area contributed by atoms with Crippen molar-refractivity contribution in [3.63, 3.8) is 0 Å². The van der Waals surface area contributed by atoms with Crippen LogP contribution < -0.4 is 27.3 Å². The summed E-state index contributed by atoms with van der Waals surface area (Å²) in [4.78, 5) is 25.2. The van der Waals surface area contributed by atoms with E-state index in [1.807, 2.05) is 12.1 Å². The monoisotopic (exact) mass is 445 g/mol. The molecule has 0 fully saturated rings. The molecule has 0 saturated carbocycles. The van der Waals surface area contributed by atoms with Gasteiger partial charge in [0.05, 0.1) is 12.1 Å². The number of benzene rings is 3. The number of nitrogen functional groups attached to an aromatic ring is 2. The average molecular weight is 445 g/mol. The van der Waals surface area contributed by atoms with Gasteiger partial charge in [-0.05, 0) is 60.0 Å². The number of nitrogens with one attached hydrogen (secondary N) is 3. The Labute approximate surface area is 194 Å². The van der Waals surface area contributed by atoms with Crippen molar-refractivity contribution in [3.8, 4) is 0 Å². The van der Waals surface area contributed by atoms with Crippen LogP contribution in [0.25, 0.3) is 0 Å². The van der Waals surface area contributed by atoms with E-state index < -0.39 is 0 Å². The number of carbonyl (C=O) groups excluding carboxylic acids is 2. The van der Waals surface area contributed by atoms with Gasteiger partial charge in [-0.3, -0.25) is 9.59 Å². The summed E-state index contributed by atoms with van der Waals surface area (Å²) in [5.41, 5.74) is 16.8. The molecule has 0 spiro atoms. The van der Waals surface area contributed by atoms with Gasteiger partial charge in [0.15, 0.2) is 0 Å². The van der Waals surface area contributed by atoms with E-state index in [-0.39, 0.29) is 25.9 Å². The van der Waals surface area contributed by atoms with Crippen molar-refractivity contribution in [2.75, 3.05) is 34.4 Å². The molecule has 3 aromatic rings. The second-order valence-electron chi connectivity index (χ2n) is 7.56. The highest BCUT2D eigenvalue weighted by atomic mass is 16.4. The molecular weight excluding hydrogens is 417 g/mol. The summed E-state index contributed by atoms with van der Waals surface area (Å²) < 4.78 is 5.10. The van der Waals surface area contributed by atoms with Crippen LogP contribution in [0.1, 0.15) is 28.4 Å². The molecule has 0 bridgehead atoms. The standard InChI is InChI=1S/C24H28BN5O3/c1-3-15-4-6-16(7-5-15)24(32)29-21-11-10-19(14-22(21)30-25-33-2)28-23(31)12-17-8-9-18(26)13-20(17)27/h4-11,13-14,25,30H,3,12,26-27H2,1-2H3,(H,28,31)(H,29,32). The largest absolute Gasteiger partial charge is 0.422 e. The lowest BCUT2D eigenvalue weighted by Crippen LogP contribution is -2.18. The second-order valence-corrected chi connectivity index (χ2v) is 7.56. The minimum Gasteiger partial charge on any atom is -0.422 e. The quantitative estimate of drug-likeness (QED) is 0.254. The molecule has 0 radical (unpaired) electrons. The zero-order valence-electron chi connectivity index (χ0n) is 18.8. The second kappa shape index (κ2) is 11.1. The van der Waals surface area contributed by atoms with Crippen LogP contribution >= 0.6 is 0 Å². The van der Waals surface area contributed by atoms with Crippen LogP contribution in [-0.2, 0) is 22.3 Å². The Morgan fingerprint density at radius 1 is 0.939 bits per heavy atom. The first-order valence-corrected chi connectivity index (χ1v) is 10.6. The highest BCUT2D eigenvalue weighted by Gasteiger charge is 2.13. The maximum atomic E-state index is 12.7. The fourth-order valence-electron chi connectivity index (χ4n) is 3.27. The molecule has 0 aliphatic rings. The number of nitrogens with two attached hydrogens (primary N) is 2. The van der Waals surface area contributed by atoms with Gasteiger partial charge in [-0.15, -0.1) is 0 Å². The Kier molecular flexibility index (Phi) is 7.94. The predicted octanol–water partition coefficient (Wildman–Crippen LogP) is 3.17. The van der Waals surface area contributed by atoms with E-state index in [1.165, 1.54) is 0 Å². The van der Waals surface area contributed by atoms with E-state index in [4.69, 9.17) is 16.1 Å². The van der Waals surface area contributed by atoms with Gasteiger partial charge in [0, 0.05) is 35.4 Å². The number of anilines is 5. The van der Waals surface area contributed by atoms with Crippen LogP contribution in [0.4, 0.5) is 28.4 Å². The number of aryl methyl sites for hydroxylation is 1. The molecule has 0 atom stereocenters. The number of hydrogen-bond acceptors (Lipinski definition) is 6. The Hall–Kier alpha value is -3.98. The van der Waals surface area contributed by atoms with Gasteiger partial charge in [-0.1, -0.05) is 25.1 Å². The highest BCUT2D eigenvalue weighted by molar-refractivity contribution is 6.33. The van der Waals surface area contributed by atoms with E-state index in [9.17, 15) is 9.59 Å². The molecule has 0 aliphatic heterocycles. The lowest BCUT2D eigenvalue weighted by atomic mass is 10.1. The van der Waals surface area contributed by atoms with E-state index in [0.717, 1.165) is 12.0 Å². The molecule has 0 heterocycles. The first-order valence-electron chi connectivity index (χ1n) is 10.6. The van der Waals surface area contributed by atoms with E-state index in [0.29, 0.717) is 39.6 Å². The van der Waals surface area contributed by atoms with Crippen LogP contribution in [0.15, 0.2) is 60.7 Å². The molecule has 9 heteroatoms. The fourth-order valence-corrected chi connectivity index (χ4v) is 3.27. The Morgan fingerprint density at radius 3 is 2.36 bits per heavy atom. The van der Waals surface area contributed by atoms with Gasteiger partial charge < -0.3 is 32.0 Å². The predicted molar refractivity (Wildman–Crippen MR) is 136 cm³/mol. The van der Waals surface area contributed by atoms with Gasteiger partial charge >= 0.3 is 7.62 Å². The van der Waals surface area contributed by atoms with Gasteiger partial charge in [-0.25, -0.2) is 0 Å². The number of amides is 2. The smallest absolute Gasteiger partial charge is 0.393 e. The summed E-state index contributed by atoms with van der Waals surface area (Å²) in [7, 11) is 1.79. The van der Waals surface area contributed by atoms with Gasteiger partial charge in [0.25, 0.3) is 5.91 Å². The van der Waals surface area contributed by atoms with E-state index >= 15 is 0 Å². The molecule has 8 nitrogen and oxygen atoms in total. The zero-order chi connectivity index (χ0) is 23.8. The topological polar surface area (TPSA) is 132 Å². The molecule has 3 aromatic carbocycles. The minimum absolute atomic E-state index is 0.110. The van der Waals surface area contributed by atoms with Gasteiger partial charge in [0.1, 0.15) is 0 Å². The first kappa shape index (κ1) is 23.7. The number of carbonyl (C=O) groups is 2. The van der Waals surface area contributed by atoms with E-state index in [2.05, 4.69) is 22.8 Å². The maximum absolute atomic E-state index is 12.7. The minimum atomic E-state index is -0.228. The lowest BCUT2D eigenvalue weighted by Gasteiger charge is -2.15. The molecule has 0 unspecified atom stereocenters. The van der Waals surface area contributed by atoms with Crippen molar-refractivity contribution >= 4 is 47.9 Å². The van der Waals surface area contributed by atoms with Crippen molar-refractivity contribution in [2.45, 2.75) is 19.8 Å². The average Bonchev–Trinajstić information content (AvgIpc) is 2.81. The summed E-state index contributed by atoms with van der Waals surface area (Å²) >= 11 is 0. The van der Waals surface area contributed by atoms with Gasteiger partial charge in [-0.2, -0.15) is 0 Å². The Morgan fingerprint density at radius 2 is 1.70 bits per heavy atom. The zero-order valence-corrected chi connectivity index (χ0v) is 18.8. The number of hydrogen-bond donors (Lipinski definition) is 5. The van der Waals surface area contributed by atoms with Crippen molar-refractivity contribution in [3.05, 3.63) is 77.4 Å².